The summed E-state index contributed by atoms with van der Waals surface area (Å²) >= 11 is 0. The monoisotopic (exact) mass is 348 g/mol. The average Bonchev–Trinajstić information content (AvgIpc) is 2.55. The fourth-order valence-corrected chi connectivity index (χ4v) is 3.36. The van der Waals surface area contributed by atoms with Crippen LogP contribution in [0.2, 0.25) is 0 Å². The van der Waals surface area contributed by atoms with Crippen LogP contribution in [0, 0.1) is 16.7 Å². The van der Waals surface area contributed by atoms with Crippen molar-refractivity contribution < 1.29 is 8.42 Å². The first kappa shape index (κ1) is 17.7. The Kier molecular flexibility index (Phi) is 5.41. The van der Waals surface area contributed by atoms with Crippen LogP contribution < -0.4 is 16.1 Å². The largest absolute Gasteiger partial charge is 0.382 e. The minimum atomic E-state index is -3.47. The maximum absolute atomic E-state index is 12.0. The van der Waals surface area contributed by atoms with Crippen molar-refractivity contribution in [3.05, 3.63) is 18.2 Å². The Morgan fingerprint density at radius 1 is 1.38 bits per heavy atom. The molecule has 0 atom stereocenters. The molecule has 1 heterocycles. The number of hydrogen-bond acceptors (Lipinski definition) is 7. The van der Waals surface area contributed by atoms with Gasteiger partial charge in [-0.05, 0) is 37.5 Å². The topological polar surface area (TPSA) is 135 Å². The quantitative estimate of drug-likeness (QED) is 0.417. The van der Waals surface area contributed by atoms with E-state index in [-0.39, 0.29) is 16.3 Å². The minimum Gasteiger partial charge on any atom is -0.382 e. The van der Waals surface area contributed by atoms with Gasteiger partial charge in [-0.3, -0.25) is 10.8 Å². The number of benzene rings is 1. The van der Waals surface area contributed by atoms with Gasteiger partial charge >= 0.3 is 0 Å². The van der Waals surface area contributed by atoms with Crippen LogP contribution >= 0.6 is 0 Å². The second-order valence-corrected chi connectivity index (χ2v) is 7.58. The van der Waals surface area contributed by atoms with Crippen LogP contribution in [0.4, 0.5) is 11.4 Å². The van der Waals surface area contributed by atoms with Crippen LogP contribution in [-0.4, -0.2) is 39.3 Å². The number of anilines is 2. The molecule has 1 aliphatic heterocycles. The maximum Gasteiger partial charge on any atom is 0.201 e. The third-order valence-electron chi connectivity index (χ3n) is 3.73. The summed E-state index contributed by atoms with van der Waals surface area (Å²) in [4.78, 5) is 2.26. The van der Waals surface area contributed by atoms with E-state index in [1.54, 1.807) is 18.2 Å². The molecule has 0 aliphatic carbocycles. The molecule has 9 heteroatoms. The van der Waals surface area contributed by atoms with E-state index in [4.69, 9.17) is 16.4 Å². The summed E-state index contributed by atoms with van der Waals surface area (Å²) in [5.41, 5.74) is 8.66. The van der Waals surface area contributed by atoms with E-state index in [1.807, 2.05) is 0 Å². The van der Waals surface area contributed by atoms with Gasteiger partial charge < -0.3 is 10.6 Å². The SMILES string of the molecule is CS(=O)(=O)c1ccc(N2CCCCC2)cc1N/N=C(\C#N)C(=N)N. The molecule has 2 rings (SSSR count). The predicted octanol–water partition coefficient (Wildman–Crippen LogP) is 1.31. The summed E-state index contributed by atoms with van der Waals surface area (Å²) in [5.74, 6) is -0.488. The van der Waals surface area contributed by atoms with E-state index >= 15 is 0 Å². The Morgan fingerprint density at radius 3 is 2.58 bits per heavy atom. The van der Waals surface area contributed by atoms with Gasteiger partial charge in [-0.25, -0.2) is 8.42 Å². The molecule has 0 saturated carbocycles. The third kappa shape index (κ3) is 4.23. The van der Waals surface area contributed by atoms with Crippen LogP contribution in [0.5, 0.6) is 0 Å². The first-order chi connectivity index (χ1) is 11.3. The van der Waals surface area contributed by atoms with Gasteiger partial charge in [0.15, 0.2) is 15.7 Å². The molecule has 1 aromatic carbocycles. The number of piperidine rings is 1. The third-order valence-corrected chi connectivity index (χ3v) is 4.89. The molecule has 0 amide bonds. The number of hydrazone groups is 1. The number of rotatable bonds is 5. The van der Waals surface area contributed by atoms with Gasteiger partial charge in [0.2, 0.25) is 5.71 Å². The lowest BCUT2D eigenvalue weighted by atomic mass is 10.1. The number of amidine groups is 1. The van der Waals surface area contributed by atoms with E-state index in [1.165, 1.54) is 12.5 Å². The normalized spacial score (nSPS) is 15.7. The van der Waals surface area contributed by atoms with Crippen molar-refractivity contribution in [2.45, 2.75) is 24.2 Å². The maximum atomic E-state index is 12.0. The van der Waals surface area contributed by atoms with E-state index in [9.17, 15) is 8.42 Å². The summed E-state index contributed by atoms with van der Waals surface area (Å²) in [6, 6.07) is 6.68. The molecular weight excluding hydrogens is 328 g/mol. The average molecular weight is 348 g/mol. The Labute approximate surface area is 141 Å². The molecule has 1 saturated heterocycles. The molecule has 0 spiro atoms. The van der Waals surface area contributed by atoms with Crippen molar-refractivity contribution in [1.29, 1.82) is 10.7 Å². The number of hydrogen-bond donors (Lipinski definition) is 3. The van der Waals surface area contributed by atoms with Gasteiger partial charge in [0, 0.05) is 25.0 Å². The molecule has 8 nitrogen and oxygen atoms in total. The van der Waals surface area contributed by atoms with Crippen LogP contribution in [0.25, 0.3) is 0 Å². The number of nitriles is 1. The summed E-state index contributed by atoms with van der Waals surface area (Å²) < 4.78 is 23.9. The van der Waals surface area contributed by atoms with E-state index in [0.29, 0.717) is 0 Å². The van der Waals surface area contributed by atoms with Gasteiger partial charge in [-0.1, -0.05) is 0 Å². The number of sulfone groups is 1. The summed E-state index contributed by atoms with van der Waals surface area (Å²) in [7, 11) is -3.47. The van der Waals surface area contributed by atoms with Crippen LogP contribution in [-0.2, 0) is 9.84 Å². The zero-order chi connectivity index (χ0) is 17.7. The first-order valence-corrected chi connectivity index (χ1v) is 9.39. The van der Waals surface area contributed by atoms with Crippen molar-refractivity contribution >= 4 is 32.8 Å². The van der Waals surface area contributed by atoms with Crippen molar-refractivity contribution in [2.24, 2.45) is 10.8 Å². The summed E-state index contributed by atoms with van der Waals surface area (Å²) in [6.07, 6.45) is 4.49. The van der Waals surface area contributed by atoms with E-state index < -0.39 is 15.7 Å². The molecule has 0 aromatic heterocycles. The Balaban J connectivity index is 2.41. The highest BCUT2D eigenvalue weighted by molar-refractivity contribution is 7.90. The Morgan fingerprint density at radius 2 is 2.04 bits per heavy atom. The lowest BCUT2D eigenvalue weighted by molar-refractivity contribution is 0.577. The van der Waals surface area contributed by atoms with Crippen molar-refractivity contribution in [2.75, 3.05) is 29.7 Å². The molecular formula is C15H20N6O2S. The van der Waals surface area contributed by atoms with Crippen molar-refractivity contribution in [3.8, 4) is 6.07 Å². The second-order valence-electron chi connectivity index (χ2n) is 5.60. The van der Waals surface area contributed by atoms with Crippen molar-refractivity contribution in [3.63, 3.8) is 0 Å². The Hall–Kier alpha value is -2.60. The molecule has 1 aliphatic rings. The molecule has 1 aromatic rings. The van der Waals surface area contributed by atoms with E-state index in [2.05, 4.69) is 15.4 Å². The zero-order valence-electron chi connectivity index (χ0n) is 13.4. The molecule has 0 unspecified atom stereocenters. The highest BCUT2D eigenvalue weighted by Gasteiger charge is 2.17. The molecule has 128 valence electrons. The molecule has 4 N–H and O–H groups in total. The predicted molar refractivity (Wildman–Crippen MR) is 94.2 cm³/mol. The number of nitrogens with zero attached hydrogens (tertiary/aromatic N) is 3. The number of nitrogens with one attached hydrogen (secondary N) is 2. The zero-order valence-corrected chi connectivity index (χ0v) is 14.2. The molecule has 0 radical (unpaired) electrons. The lowest BCUT2D eigenvalue weighted by Crippen LogP contribution is -2.29. The second kappa shape index (κ2) is 7.31. The minimum absolute atomic E-state index is 0.0767. The highest BCUT2D eigenvalue weighted by Crippen LogP contribution is 2.29. The van der Waals surface area contributed by atoms with Crippen LogP contribution in [0.1, 0.15) is 19.3 Å². The summed E-state index contributed by atoms with van der Waals surface area (Å²) in [5, 5.41) is 19.9. The number of nitrogens with two attached hydrogens (primary N) is 1. The van der Waals surface area contributed by atoms with Crippen LogP contribution in [0.3, 0.4) is 0 Å². The van der Waals surface area contributed by atoms with Gasteiger partial charge in [0.25, 0.3) is 0 Å². The van der Waals surface area contributed by atoms with Crippen LogP contribution in [0.15, 0.2) is 28.2 Å². The molecule has 1 fully saturated rings. The Bertz CT molecular complexity index is 804. The first-order valence-electron chi connectivity index (χ1n) is 7.50. The smallest absolute Gasteiger partial charge is 0.201 e. The lowest BCUT2D eigenvalue weighted by Gasteiger charge is -2.29. The highest BCUT2D eigenvalue weighted by atomic mass is 32.2. The standard InChI is InChI=1S/C15H20N6O2S/c1-24(22,23)14-6-5-11(21-7-3-2-4-8-21)9-12(14)19-20-13(10-16)15(17)18/h5-6,9,19H,2-4,7-8H2,1H3,(H3,17,18)/b20-13+. The van der Waals surface area contributed by atoms with E-state index in [0.717, 1.165) is 37.9 Å². The van der Waals surface area contributed by atoms with Gasteiger partial charge in [0.1, 0.15) is 6.07 Å². The van der Waals surface area contributed by atoms with Gasteiger partial charge in [-0.15, -0.1) is 0 Å². The van der Waals surface area contributed by atoms with Crippen molar-refractivity contribution in [1.82, 2.24) is 0 Å². The summed E-state index contributed by atoms with van der Waals surface area (Å²) in [6.45, 7) is 1.83. The fourth-order valence-electron chi connectivity index (χ4n) is 2.54. The molecule has 0 bridgehead atoms. The van der Waals surface area contributed by atoms with Gasteiger partial charge in [0.05, 0.1) is 10.6 Å². The van der Waals surface area contributed by atoms with Gasteiger partial charge in [-0.2, -0.15) is 10.4 Å². The fraction of sp³-hybridized carbons (Fsp3) is 0.400. The molecule has 24 heavy (non-hydrogen) atoms.